The highest BCUT2D eigenvalue weighted by atomic mass is 35.5. The third kappa shape index (κ3) is 3.93. The molecule has 17 heavy (non-hydrogen) atoms. The smallest absolute Gasteiger partial charge is 0.142 e. The van der Waals surface area contributed by atoms with Crippen LogP contribution in [0.25, 0.3) is 0 Å². The maximum absolute atomic E-state index is 13.6. The molecule has 2 N–H and O–H groups in total. The number of hydrogen-bond acceptors (Lipinski definition) is 1. The number of halogens is 3. The molecule has 1 rings (SSSR count). The summed E-state index contributed by atoms with van der Waals surface area (Å²) < 4.78 is 26.8. The second kappa shape index (κ2) is 6.31. The molecule has 0 saturated heterocycles. The summed E-state index contributed by atoms with van der Waals surface area (Å²) in [6.45, 7) is 4.15. The second-order valence-corrected chi connectivity index (χ2v) is 4.93. The molecule has 1 aromatic carbocycles. The molecule has 0 aliphatic rings. The third-order valence-corrected chi connectivity index (χ3v) is 3.17. The average Bonchev–Trinajstić information content (AvgIpc) is 2.23. The highest BCUT2D eigenvalue weighted by molar-refractivity contribution is 6.30. The normalized spacial score (nSPS) is 14.7. The van der Waals surface area contributed by atoms with E-state index in [4.69, 9.17) is 17.3 Å². The van der Waals surface area contributed by atoms with Gasteiger partial charge in [-0.15, -0.1) is 0 Å². The SMILES string of the molecule is CCCC(C)CC(N)c1cc(F)c(Cl)cc1F. The van der Waals surface area contributed by atoms with Crippen LogP contribution in [0, 0.1) is 17.6 Å². The van der Waals surface area contributed by atoms with Crippen molar-refractivity contribution in [2.45, 2.75) is 39.2 Å². The highest BCUT2D eigenvalue weighted by Crippen LogP contribution is 2.27. The Balaban J connectivity index is 2.81. The molecule has 0 amide bonds. The molecule has 0 aromatic heterocycles. The fourth-order valence-corrected chi connectivity index (χ4v) is 2.14. The lowest BCUT2D eigenvalue weighted by Crippen LogP contribution is -2.16. The van der Waals surface area contributed by atoms with Crippen LogP contribution < -0.4 is 5.73 Å². The van der Waals surface area contributed by atoms with Crippen LogP contribution in [0.3, 0.4) is 0 Å². The molecule has 0 aliphatic heterocycles. The van der Waals surface area contributed by atoms with Crippen LogP contribution >= 0.6 is 11.6 Å². The Bertz CT molecular complexity index is 382. The molecule has 2 atom stereocenters. The molecule has 4 heteroatoms. The quantitative estimate of drug-likeness (QED) is 0.779. The van der Waals surface area contributed by atoms with Crippen molar-refractivity contribution in [1.82, 2.24) is 0 Å². The zero-order chi connectivity index (χ0) is 13.0. The summed E-state index contributed by atoms with van der Waals surface area (Å²) >= 11 is 5.49. The van der Waals surface area contributed by atoms with Crippen molar-refractivity contribution in [3.05, 3.63) is 34.4 Å². The highest BCUT2D eigenvalue weighted by Gasteiger charge is 2.17. The van der Waals surface area contributed by atoms with Crippen LogP contribution in [0.5, 0.6) is 0 Å². The fourth-order valence-electron chi connectivity index (χ4n) is 1.99. The van der Waals surface area contributed by atoms with Gasteiger partial charge in [0.05, 0.1) is 5.02 Å². The van der Waals surface area contributed by atoms with Crippen molar-refractivity contribution in [3.8, 4) is 0 Å². The Kier molecular flexibility index (Phi) is 5.34. The van der Waals surface area contributed by atoms with E-state index in [9.17, 15) is 8.78 Å². The molecule has 0 radical (unpaired) electrons. The van der Waals surface area contributed by atoms with Crippen molar-refractivity contribution >= 4 is 11.6 Å². The van der Waals surface area contributed by atoms with Crippen molar-refractivity contribution < 1.29 is 8.78 Å². The van der Waals surface area contributed by atoms with Gasteiger partial charge in [0.2, 0.25) is 0 Å². The largest absolute Gasteiger partial charge is 0.324 e. The molecule has 0 fully saturated rings. The van der Waals surface area contributed by atoms with Gasteiger partial charge in [-0.1, -0.05) is 38.3 Å². The number of benzene rings is 1. The molecule has 0 aliphatic carbocycles. The van der Waals surface area contributed by atoms with E-state index in [1.807, 2.05) is 0 Å². The van der Waals surface area contributed by atoms with Crippen LogP contribution in [0.4, 0.5) is 8.78 Å². The molecule has 0 saturated carbocycles. The molecule has 2 unspecified atom stereocenters. The Morgan fingerprint density at radius 3 is 2.53 bits per heavy atom. The van der Waals surface area contributed by atoms with Gasteiger partial charge >= 0.3 is 0 Å². The average molecular weight is 262 g/mol. The minimum absolute atomic E-state index is 0.204. The minimum atomic E-state index is -0.623. The second-order valence-electron chi connectivity index (χ2n) is 4.52. The van der Waals surface area contributed by atoms with Gasteiger partial charge in [0, 0.05) is 11.6 Å². The molecule has 96 valence electrons. The van der Waals surface area contributed by atoms with Crippen molar-refractivity contribution in [1.29, 1.82) is 0 Å². The fraction of sp³-hybridized carbons (Fsp3) is 0.538. The number of nitrogens with two attached hydrogens (primary N) is 1. The monoisotopic (exact) mass is 261 g/mol. The predicted octanol–water partition coefficient (Wildman–Crippen LogP) is 4.44. The topological polar surface area (TPSA) is 26.0 Å². The van der Waals surface area contributed by atoms with Crippen molar-refractivity contribution in [2.75, 3.05) is 0 Å². The van der Waals surface area contributed by atoms with E-state index in [2.05, 4.69) is 13.8 Å². The summed E-state index contributed by atoms with van der Waals surface area (Å²) in [4.78, 5) is 0. The first-order chi connectivity index (χ1) is 7.95. The first kappa shape index (κ1) is 14.4. The van der Waals surface area contributed by atoms with E-state index in [0.29, 0.717) is 12.3 Å². The Morgan fingerprint density at radius 2 is 1.94 bits per heavy atom. The lowest BCUT2D eigenvalue weighted by atomic mass is 9.93. The molecule has 0 bridgehead atoms. The van der Waals surface area contributed by atoms with Gasteiger partial charge in [-0.25, -0.2) is 8.78 Å². The summed E-state index contributed by atoms with van der Waals surface area (Å²) in [5, 5.41) is -0.208. The van der Waals surface area contributed by atoms with Crippen LogP contribution in [-0.4, -0.2) is 0 Å². The molecular weight excluding hydrogens is 244 g/mol. The summed E-state index contributed by atoms with van der Waals surface area (Å²) in [5.41, 5.74) is 6.10. The van der Waals surface area contributed by atoms with Gasteiger partial charge in [0.15, 0.2) is 0 Å². The van der Waals surface area contributed by atoms with Gasteiger partial charge in [0.25, 0.3) is 0 Å². The van der Waals surface area contributed by atoms with Gasteiger partial charge in [-0.3, -0.25) is 0 Å². The van der Waals surface area contributed by atoms with Crippen LogP contribution in [-0.2, 0) is 0 Å². The van der Waals surface area contributed by atoms with E-state index in [0.717, 1.165) is 25.0 Å². The Labute approximate surface area is 106 Å². The molecule has 1 nitrogen and oxygen atoms in total. The lowest BCUT2D eigenvalue weighted by molar-refractivity contribution is 0.429. The first-order valence-corrected chi connectivity index (χ1v) is 6.23. The third-order valence-electron chi connectivity index (χ3n) is 2.88. The Hall–Kier alpha value is -0.670. The zero-order valence-corrected chi connectivity index (χ0v) is 10.9. The maximum Gasteiger partial charge on any atom is 0.142 e. The van der Waals surface area contributed by atoms with Crippen molar-refractivity contribution in [3.63, 3.8) is 0 Å². The molecule has 1 aromatic rings. The zero-order valence-electron chi connectivity index (χ0n) is 10.1. The van der Waals surface area contributed by atoms with Crippen LogP contribution in [0.2, 0.25) is 5.02 Å². The molecular formula is C13H18ClF2N. The van der Waals surface area contributed by atoms with E-state index in [-0.39, 0.29) is 10.6 Å². The van der Waals surface area contributed by atoms with Gasteiger partial charge in [0.1, 0.15) is 11.6 Å². The van der Waals surface area contributed by atoms with Gasteiger partial charge in [-0.2, -0.15) is 0 Å². The Morgan fingerprint density at radius 1 is 1.29 bits per heavy atom. The number of hydrogen-bond donors (Lipinski definition) is 1. The van der Waals surface area contributed by atoms with Gasteiger partial charge in [-0.05, 0) is 24.5 Å². The molecule has 0 heterocycles. The van der Waals surface area contributed by atoms with Gasteiger partial charge < -0.3 is 5.73 Å². The standard InChI is InChI=1S/C13H18ClF2N/c1-3-4-8(2)5-13(17)9-6-12(16)10(14)7-11(9)15/h6-8,13H,3-5,17H2,1-2H3. The molecule has 0 spiro atoms. The summed E-state index contributed by atoms with van der Waals surface area (Å²) in [7, 11) is 0. The van der Waals surface area contributed by atoms with Crippen molar-refractivity contribution in [2.24, 2.45) is 11.7 Å². The minimum Gasteiger partial charge on any atom is -0.324 e. The van der Waals surface area contributed by atoms with E-state index in [1.54, 1.807) is 0 Å². The van der Waals surface area contributed by atoms with E-state index in [1.165, 1.54) is 0 Å². The van der Waals surface area contributed by atoms with Crippen LogP contribution in [0.15, 0.2) is 12.1 Å². The summed E-state index contributed by atoms with van der Waals surface area (Å²) in [6.07, 6.45) is 2.74. The first-order valence-electron chi connectivity index (χ1n) is 5.85. The van der Waals surface area contributed by atoms with E-state index < -0.39 is 17.7 Å². The number of rotatable bonds is 5. The summed E-state index contributed by atoms with van der Waals surface area (Å²) in [5.74, 6) is -0.762. The van der Waals surface area contributed by atoms with E-state index >= 15 is 0 Å². The predicted molar refractivity (Wildman–Crippen MR) is 67.0 cm³/mol. The summed E-state index contributed by atoms with van der Waals surface area (Å²) in [6, 6.07) is 1.60. The lowest BCUT2D eigenvalue weighted by Gasteiger charge is -2.18. The van der Waals surface area contributed by atoms with Crippen LogP contribution in [0.1, 0.15) is 44.7 Å². The maximum atomic E-state index is 13.6.